The normalized spacial score (nSPS) is 26.1. The summed E-state index contributed by atoms with van der Waals surface area (Å²) in [6.45, 7) is 2.71. The van der Waals surface area contributed by atoms with Crippen LogP contribution in [0.4, 0.5) is 0 Å². The lowest BCUT2D eigenvalue weighted by Gasteiger charge is -2.37. The predicted molar refractivity (Wildman–Crippen MR) is 92.3 cm³/mol. The molecule has 2 aliphatic heterocycles. The summed E-state index contributed by atoms with van der Waals surface area (Å²) in [5.74, 6) is 2.20. The molecule has 1 aliphatic carbocycles. The predicted octanol–water partition coefficient (Wildman–Crippen LogP) is 1.46. The lowest BCUT2D eigenvalue weighted by atomic mass is 9.93. The molecule has 4 heterocycles. The van der Waals surface area contributed by atoms with Gasteiger partial charge < -0.3 is 5.32 Å². The first-order chi connectivity index (χ1) is 12.3. The maximum Gasteiger partial charge on any atom is 0.237 e. The Labute approximate surface area is 146 Å². The first-order valence-corrected chi connectivity index (χ1v) is 9.53. The molecule has 7 nitrogen and oxygen atoms in total. The van der Waals surface area contributed by atoms with Crippen molar-refractivity contribution in [2.75, 3.05) is 19.6 Å². The minimum atomic E-state index is 0.0597. The van der Waals surface area contributed by atoms with Crippen molar-refractivity contribution < 1.29 is 4.79 Å². The largest absolute Gasteiger partial charge is 0.355 e. The zero-order valence-electron chi connectivity index (χ0n) is 14.4. The number of carbonyl (C=O) groups is 1. The quantitative estimate of drug-likeness (QED) is 0.915. The summed E-state index contributed by atoms with van der Waals surface area (Å²) in [5, 5.41) is 16.6. The highest BCUT2D eigenvalue weighted by Crippen LogP contribution is 2.39. The maximum atomic E-state index is 12.1. The number of piperidine rings is 2. The molecule has 25 heavy (non-hydrogen) atoms. The Morgan fingerprint density at radius 1 is 1.00 bits per heavy atom. The number of fused-ring (bicyclic) bond motifs is 1. The summed E-state index contributed by atoms with van der Waals surface area (Å²) in [5.41, 5.74) is 2.01. The molecule has 2 aromatic rings. The van der Waals surface area contributed by atoms with Gasteiger partial charge in [0.05, 0.1) is 11.7 Å². The van der Waals surface area contributed by atoms with Gasteiger partial charge in [-0.3, -0.25) is 9.69 Å². The van der Waals surface area contributed by atoms with Crippen LogP contribution in [0.25, 0.3) is 5.65 Å². The monoisotopic (exact) mass is 340 g/mol. The van der Waals surface area contributed by atoms with Crippen LogP contribution in [0.3, 0.4) is 0 Å². The van der Waals surface area contributed by atoms with Crippen LogP contribution in [-0.2, 0) is 4.79 Å². The Kier molecular flexibility index (Phi) is 3.69. The van der Waals surface area contributed by atoms with E-state index in [1.54, 1.807) is 0 Å². The van der Waals surface area contributed by atoms with Crippen LogP contribution in [0.15, 0.2) is 12.1 Å². The van der Waals surface area contributed by atoms with Crippen molar-refractivity contribution in [3.05, 3.63) is 23.7 Å². The molecule has 1 N–H and O–H groups in total. The van der Waals surface area contributed by atoms with Gasteiger partial charge in [-0.25, -0.2) is 0 Å². The van der Waals surface area contributed by atoms with Crippen LogP contribution < -0.4 is 5.32 Å². The third-order valence-corrected chi connectivity index (χ3v) is 5.89. The second-order valence-electron chi connectivity index (χ2n) is 7.62. The van der Waals surface area contributed by atoms with E-state index in [0.717, 1.165) is 56.8 Å². The fraction of sp³-hybridized carbons (Fsp3) is 0.667. The molecule has 1 amide bonds. The van der Waals surface area contributed by atoms with E-state index in [9.17, 15) is 4.79 Å². The Morgan fingerprint density at radius 2 is 1.84 bits per heavy atom. The van der Waals surface area contributed by atoms with Crippen LogP contribution in [-0.4, -0.2) is 56.3 Å². The van der Waals surface area contributed by atoms with Crippen molar-refractivity contribution in [1.82, 2.24) is 30.0 Å². The van der Waals surface area contributed by atoms with Crippen molar-refractivity contribution in [1.29, 1.82) is 0 Å². The molecule has 1 unspecified atom stereocenters. The lowest BCUT2D eigenvalue weighted by Crippen LogP contribution is -2.52. The summed E-state index contributed by atoms with van der Waals surface area (Å²) in [6.07, 6.45) is 6.59. The standard InChI is InChI=1S/C18H24N6O/c25-18-15(2-1-9-19-18)23-10-7-13(8-11-23)17-21-20-16-6-5-14(12-3-4-12)22-24(16)17/h5-6,12-13,15H,1-4,7-11H2,(H,19,25). The first kappa shape index (κ1) is 15.3. The average Bonchev–Trinajstić information content (AvgIpc) is 3.42. The molecular weight excluding hydrogens is 316 g/mol. The number of rotatable bonds is 3. The Balaban J connectivity index is 1.32. The molecule has 0 bridgehead atoms. The first-order valence-electron chi connectivity index (χ1n) is 9.53. The number of hydrogen-bond donors (Lipinski definition) is 1. The van der Waals surface area contributed by atoms with Gasteiger partial charge >= 0.3 is 0 Å². The smallest absolute Gasteiger partial charge is 0.237 e. The molecule has 5 rings (SSSR count). The van der Waals surface area contributed by atoms with Crippen LogP contribution in [0, 0.1) is 0 Å². The summed E-state index contributed by atoms with van der Waals surface area (Å²) in [6, 6.07) is 4.19. The van der Waals surface area contributed by atoms with E-state index in [1.165, 1.54) is 18.5 Å². The fourth-order valence-electron chi connectivity index (χ4n) is 4.24. The van der Waals surface area contributed by atoms with E-state index < -0.39 is 0 Å². The van der Waals surface area contributed by atoms with Gasteiger partial charge in [-0.2, -0.15) is 9.61 Å². The zero-order valence-corrected chi connectivity index (χ0v) is 14.4. The van der Waals surface area contributed by atoms with Crippen LogP contribution in [0.1, 0.15) is 61.9 Å². The van der Waals surface area contributed by atoms with E-state index in [2.05, 4.69) is 26.5 Å². The molecule has 0 spiro atoms. The van der Waals surface area contributed by atoms with Crippen molar-refractivity contribution in [2.24, 2.45) is 0 Å². The van der Waals surface area contributed by atoms with Crippen LogP contribution in [0.2, 0.25) is 0 Å². The number of amides is 1. The SMILES string of the molecule is O=C1NCCCC1N1CCC(c2nnc3ccc(C4CC4)nn23)CC1. The maximum absolute atomic E-state index is 12.1. The van der Waals surface area contributed by atoms with Crippen LogP contribution >= 0.6 is 0 Å². The number of nitrogens with one attached hydrogen (secondary N) is 1. The third kappa shape index (κ3) is 2.80. The van der Waals surface area contributed by atoms with Crippen molar-refractivity contribution in [2.45, 2.75) is 56.4 Å². The molecule has 1 saturated carbocycles. The molecular formula is C18H24N6O. The van der Waals surface area contributed by atoms with Crippen LogP contribution in [0.5, 0.6) is 0 Å². The third-order valence-electron chi connectivity index (χ3n) is 5.89. The fourth-order valence-corrected chi connectivity index (χ4v) is 4.24. The van der Waals surface area contributed by atoms with Gasteiger partial charge in [-0.1, -0.05) is 0 Å². The second-order valence-corrected chi connectivity index (χ2v) is 7.62. The highest BCUT2D eigenvalue weighted by Gasteiger charge is 2.33. The minimum absolute atomic E-state index is 0.0597. The minimum Gasteiger partial charge on any atom is -0.355 e. The molecule has 1 atom stereocenters. The van der Waals surface area contributed by atoms with Gasteiger partial charge in [0.1, 0.15) is 0 Å². The zero-order chi connectivity index (χ0) is 16.8. The number of nitrogens with zero attached hydrogens (tertiary/aromatic N) is 5. The lowest BCUT2D eigenvalue weighted by molar-refractivity contribution is -0.128. The molecule has 0 aromatic carbocycles. The number of carbonyl (C=O) groups excluding carboxylic acids is 1. The molecule has 132 valence electrons. The molecule has 0 radical (unpaired) electrons. The molecule has 3 aliphatic rings. The highest BCUT2D eigenvalue weighted by molar-refractivity contribution is 5.82. The van der Waals surface area contributed by atoms with Gasteiger partial charge in [0.15, 0.2) is 11.5 Å². The summed E-state index contributed by atoms with van der Waals surface area (Å²) in [4.78, 5) is 14.4. The van der Waals surface area contributed by atoms with Crippen molar-refractivity contribution >= 4 is 11.6 Å². The Hall–Kier alpha value is -2.02. The summed E-state index contributed by atoms with van der Waals surface area (Å²) >= 11 is 0. The van der Waals surface area contributed by atoms with Crippen molar-refractivity contribution in [3.8, 4) is 0 Å². The van der Waals surface area contributed by atoms with Gasteiger partial charge in [-0.05, 0) is 63.7 Å². The average molecular weight is 340 g/mol. The van der Waals surface area contributed by atoms with E-state index >= 15 is 0 Å². The summed E-state index contributed by atoms with van der Waals surface area (Å²) < 4.78 is 1.96. The number of likely N-dealkylation sites (tertiary alicyclic amines) is 1. The van der Waals surface area contributed by atoms with Gasteiger partial charge in [0.2, 0.25) is 5.91 Å². The number of aromatic nitrogens is 4. The second kappa shape index (κ2) is 6.05. The number of hydrogen-bond acceptors (Lipinski definition) is 5. The molecule has 3 fully saturated rings. The highest BCUT2D eigenvalue weighted by atomic mass is 16.2. The summed E-state index contributed by atoms with van der Waals surface area (Å²) in [7, 11) is 0. The molecule has 7 heteroatoms. The van der Waals surface area contributed by atoms with Gasteiger partial charge in [0, 0.05) is 18.4 Å². The van der Waals surface area contributed by atoms with E-state index in [0.29, 0.717) is 11.8 Å². The van der Waals surface area contributed by atoms with E-state index in [-0.39, 0.29) is 11.9 Å². The van der Waals surface area contributed by atoms with Crippen molar-refractivity contribution in [3.63, 3.8) is 0 Å². The van der Waals surface area contributed by atoms with E-state index in [4.69, 9.17) is 5.10 Å². The molecule has 2 saturated heterocycles. The van der Waals surface area contributed by atoms with E-state index in [1.807, 2.05) is 10.6 Å². The Morgan fingerprint density at radius 3 is 2.60 bits per heavy atom. The topological polar surface area (TPSA) is 75.4 Å². The molecule has 2 aromatic heterocycles. The van der Waals surface area contributed by atoms with Gasteiger partial charge in [-0.15, -0.1) is 10.2 Å². The Bertz CT molecular complexity index is 790. The van der Waals surface area contributed by atoms with Gasteiger partial charge in [0.25, 0.3) is 0 Å².